The van der Waals surface area contributed by atoms with Crippen molar-refractivity contribution in [1.29, 1.82) is 0 Å². The molecule has 0 amide bonds. The topological polar surface area (TPSA) is 48.7 Å². The average molecular weight is 345 g/mol. The van der Waals surface area contributed by atoms with Crippen LogP contribution >= 0.6 is 0 Å². The second kappa shape index (κ2) is 6.88. The largest absolute Gasteiger partial charge is 0.496 e. The van der Waals surface area contributed by atoms with E-state index in [-0.39, 0.29) is 0 Å². The highest BCUT2D eigenvalue weighted by Gasteiger charge is 2.08. The van der Waals surface area contributed by atoms with Crippen molar-refractivity contribution in [2.45, 2.75) is 13.5 Å². The molecule has 0 saturated heterocycles. The normalized spacial score (nSPS) is 10.8. The lowest BCUT2D eigenvalue weighted by molar-refractivity contribution is 0.297. The third-order valence-electron chi connectivity index (χ3n) is 4.18. The number of hydrogen-bond donors (Lipinski definition) is 0. The van der Waals surface area contributed by atoms with Gasteiger partial charge in [-0.05, 0) is 37.3 Å². The Morgan fingerprint density at radius 1 is 0.962 bits per heavy atom. The Balaban J connectivity index is 1.62. The summed E-state index contributed by atoms with van der Waals surface area (Å²) in [6, 6.07) is 21.8. The van der Waals surface area contributed by atoms with Crippen LogP contribution in [0.4, 0.5) is 0 Å². The summed E-state index contributed by atoms with van der Waals surface area (Å²) in [5, 5.41) is 4.48. The van der Waals surface area contributed by atoms with Gasteiger partial charge in [0.1, 0.15) is 23.9 Å². The standard InChI is InChI=1S/C21H19N3O2/c1-15-22-21-12-6-10-19(24(21)23-15)16-8-5-9-18(13-16)26-14-17-7-3-4-11-20(17)25-2/h3-13H,14H2,1-2H3. The number of ether oxygens (including phenoxy) is 2. The zero-order valence-electron chi connectivity index (χ0n) is 14.7. The van der Waals surface area contributed by atoms with E-state index in [2.05, 4.69) is 10.1 Å². The maximum atomic E-state index is 5.99. The minimum atomic E-state index is 0.445. The van der Waals surface area contributed by atoms with E-state index in [0.717, 1.165) is 39.8 Å². The molecule has 0 saturated carbocycles. The molecule has 5 nitrogen and oxygen atoms in total. The number of benzene rings is 2. The Hall–Kier alpha value is -3.34. The fourth-order valence-electron chi connectivity index (χ4n) is 2.96. The number of fused-ring (bicyclic) bond motifs is 1. The number of para-hydroxylation sites is 1. The van der Waals surface area contributed by atoms with Gasteiger partial charge >= 0.3 is 0 Å². The Bertz CT molecular complexity index is 1060. The third-order valence-corrected chi connectivity index (χ3v) is 4.18. The van der Waals surface area contributed by atoms with Gasteiger partial charge in [0.15, 0.2) is 5.65 Å². The van der Waals surface area contributed by atoms with Gasteiger partial charge in [-0.25, -0.2) is 9.50 Å². The molecule has 4 aromatic rings. The molecule has 0 atom stereocenters. The van der Waals surface area contributed by atoms with E-state index in [0.29, 0.717) is 6.61 Å². The van der Waals surface area contributed by atoms with Gasteiger partial charge in [0.05, 0.1) is 12.8 Å². The van der Waals surface area contributed by atoms with Crippen molar-refractivity contribution in [1.82, 2.24) is 14.6 Å². The molecular weight excluding hydrogens is 326 g/mol. The highest BCUT2D eigenvalue weighted by atomic mass is 16.5. The Morgan fingerprint density at radius 3 is 2.69 bits per heavy atom. The SMILES string of the molecule is COc1ccccc1COc1cccc(-c2cccc3nc(C)nn23)c1. The highest BCUT2D eigenvalue weighted by molar-refractivity contribution is 5.64. The van der Waals surface area contributed by atoms with Crippen LogP contribution < -0.4 is 9.47 Å². The molecule has 0 unspecified atom stereocenters. The number of aryl methyl sites for hydroxylation is 1. The van der Waals surface area contributed by atoms with E-state index in [1.807, 2.05) is 78.2 Å². The predicted molar refractivity (Wildman–Crippen MR) is 100 cm³/mol. The molecule has 0 fully saturated rings. The maximum absolute atomic E-state index is 5.99. The molecule has 0 radical (unpaired) electrons. The first-order chi connectivity index (χ1) is 12.7. The monoisotopic (exact) mass is 345 g/mol. The number of hydrogen-bond acceptors (Lipinski definition) is 4. The molecule has 0 bridgehead atoms. The van der Waals surface area contributed by atoms with Crippen molar-refractivity contribution in [3.8, 4) is 22.8 Å². The summed E-state index contributed by atoms with van der Waals surface area (Å²) in [6.45, 7) is 2.34. The molecule has 0 N–H and O–H groups in total. The molecule has 2 heterocycles. The third kappa shape index (κ3) is 3.11. The quantitative estimate of drug-likeness (QED) is 0.541. The minimum Gasteiger partial charge on any atom is -0.496 e. The Morgan fingerprint density at radius 2 is 1.81 bits per heavy atom. The first-order valence-electron chi connectivity index (χ1n) is 8.42. The van der Waals surface area contributed by atoms with Gasteiger partial charge in [-0.1, -0.05) is 36.4 Å². The molecule has 26 heavy (non-hydrogen) atoms. The van der Waals surface area contributed by atoms with Crippen molar-refractivity contribution in [2.24, 2.45) is 0 Å². The van der Waals surface area contributed by atoms with Gasteiger partial charge in [-0.3, -0.25) is 0 Å². The first-order valence-corrected chi connectivity index (χ1v) is 8.42. The zero-order valence-corrected chi connectivity index (χ0v) is 14.7. The van der Waals surface area contributed by atoms with Gasteiger partial charge in [0, 0.05) is 11.1 Å². The summed E-state index contributed by atoms with van der Waals surface area (Å²) >= 11 is 0. The van der Waals surface area contributed by atoms with Crippen molar-refractivity contribution >= 4 is 5.65 Å². The molecule has 0 aliphatic rings. The lowest BCUT2D eigenvalue weighted by Crippen LogP contribution is -1.99. The number of aromatic nitrogens is 3. The number of pyridine rings is 1. The summed E-state index contributed by atoms with van der Waals surface area (Å²) in [5.41, 5.74) is 3.85. The van der Waals surface area contributed by atoms with Crippen LogP contribution in [0.2, 0.25) is 0 Å². The first kappa shape index (κ1) is 16.1. The second-order valence-electron chi connectivity index (χ2n) is 5.97. The van der Waals surface area contributed by atoms with Gasteiger partial charge in [0.2, 0.25) is 0 Å². The van der Waals surface area contributed by atoms with Crippen LogP contribution in [-0.4, -0.2) is 21.7 Å². The Kier molecular flexibility index (Phi) is 4.27. The molecule has 2 aromatic carbocycles. The molecule has 2 aromatic heterocycles. The van der Waals surface area contributed by atoms with Crippen LogP contribution in [-0.2, 0) is 6.61 Å². The zero-order chi connectivity index (χ0) is 17.9. The predicted octanol–water partition coefficient (Wildman–Crippen LogP) is 4.29. The van der Waals surface area contributed by atoms with Gasteiger partial charge in [-0.2, -0.15) is 5.10 Å². The fourth-order valence-corrected chi connectivity index (χ4v) is 2.96. The van der Waals surface area contributed by atoms with Crippen LogP contribution in [0.5, 0.6) is 11.5 Å². The van der Waals surface area contributed by atoms with E-state index in [1.165, 1.54) is 0 Å². The van der Waals surface area contributed by atoms with Crippen LogP contribution in [0, 0.1) is 6.92 Å². The lowest BCUT2D eigenvalue weighted by Gasteiger charge is -2.11. The van der Waals surface area contributed by atoms with Crippen LogP contribution in [0.1, 0.15) is 11.4 Å². The van der Waals surface area contributed by atoms with Crippen LogP contribution in [0.25, 0.3) is 16.9 Å². The Labute approximate surface area is 151 Å². The molecule has 0 aliphatic heterocycles. The molecule has 130 valence electrons. The summed E-state index contributed by atoms with van der Waals surface area (Å²) in [4.78, 5) is 4.42. The van der Waals surface area contributed by atoms with Gasteiger partial charge in [0.25, 0.3) is 0 Å². The fraction of sp³-hybridized carbons (Fsp3) is 0.143. The second-order valence-corrected chi connectivity index (χ2v) is 5.97. The van der Waals surface area contributed by atoms with Crippen molar-refractivity contribution in [3.63, 3.8) is 0 Å². The van der Waals surface area contributed by atoms with Crippen molar-refractivity contribution in [3.05, 3.63) is 78.1 Å². The van der Waals surface area contributed by atoms with E-state index in [9.17, 15) is 0 Å². The summed E-state index contributed by atoms with van der Waals surface area (Å²) in [5.74, 6) is 2.37. The van der Waals surface area contributed by atoms with E-state index < -0.39 is 0 Å². The summed E-state index contributed by atoms with van der Waals surface area (Å²) in [7, 11) is 1.67. The maximum Gasteiger partial charge on any atom is 0.156 e. The molecule has 5 heteroatoms. The van der Waals surface area contributed by atoms with E-state index >= 15 is 0 Å². The molecule has 0 spiro atoms. The summed E-state index contributed by atoms with van der Waals surface area (Å²) in [6.07, 6.45) is 0. The molecular formula is C21H19N3O2. The number of rotatable bonds is 5. The summed E-state index contributed by atoms with van der Waals surface area (Å²) < 4.78 is 13.2. The lowest BCUT2D eigenvalue weighted by atomic mass is 10.1. The van der Waals surface area contributed by atoms with Crippen LogP contribution in [0.15, 0.2) is 66.7 Å². The average Bonchev–Trinajstić information content (AvgIpc) is 3.07. The van der Waals surface area contributed by atoms with Gasteiger partial charge in [-0.15, -0.1) is 0 Å². The van der Waals surface area contributed by atoms with Crippen LogP contribution in [0.3, 0.4) is 0 Å². The van der Waals surface area contributed by atoms with Crippen molar-refractivity contribution in [2.75, 3.05) is 7.11 Å². The molecule has 4 rings (SSSR count). The number of nitrogens with zero attached hydrogens (tertiary/aromatic N) is 3. The minimum absolute atomic E-state index is 0.445. The van der Waals surface area contributed by atoms with E-state index in [1.54, 1.807) is 7.11 Å². The molecule has 0 aliphatic carbocycles. The van der Waals surface area contributed by atoms with Gasteiger partial charge < -0.3 is 9.47 Å². The van der Waals surface area contributed by atoms with Crippen molar-refractivity contribution < 1.29 is 9.47 Å². The number of methoxy groups -OCH3 is 1. The smallest absolute Gasteiger partial charge is 0.156 e. The van der Waals surface area contributed by atoms with E-state index in [4.69, 9.17) is 9.47 Å². The highest BCUT2D eigenvalue weighted by Crippen LogP contribution is 2.26.